The first-order valence-corrected chi connectivity index (χ1v) is 11.5. The molecule has 0 saturated heterocycles. The number of anilines is 1. The number of nitrogens with zero attached hydrogens (tertiary/aromatic N) is 1. The highest BCUT2D eigenvalue weighted by atomic mass is 35.5. The van der Waals surface area contributed by atoms with Crippen LogP contribution < -0.4 is 10.1 Å². The Bertz CT molecular complexity index is 1100. The average molecular weight is 459 g/mol. The Morgan fingerprint density at radius 1 is 0.968 bits per heavy atom. The molecule has 162 valence electrons. The average Bonchev–Trinajstić information content (AvgIpc) is 2.76. The standard InChI is InChI=1S/C23H23ClN2O4S/c1-2-30-21-12-14-22(15-13-21)31(28,29)26(16-18-6-4-3-5-7-18)17-23(27)25-20-10-8-19(24)9-11-20/h3-15H,2,16-17H2,1H3,(H,25,27). The Hall–Kier alpha value is -2.87. The molecule has 0 aliphatic carbocycles. The summed E-state index contributed by atoms with van der Waals surface area (Å²) in [5.41, 5.74) is 1.31. The smallest absolute Gasteiger partial charge is 0.243 e. The molecule has 8 heteroatoms. The number of benzene rings is 3. The van der Waals surface area contributed by atoms with Crippen LogP contribution in [0.1, 0.15) is 12.5 Å². The van der Waals surface area contributed by atoms with Crippen molar-refractivity contribution in [2.24, 2.45) is 0 Å². The molecule has 0 bridgehead atoms. The summed E-state index contributed by atoms with van der Waals surface area (Å²) < 4.78 is 33.2. The minimum atomic E-state index is -3.93. The van der Waals surface area contributed by atoms with E-state index in [4.69, 9.17) is 16.3 Å². The SMILES string of the molecule is CCOc1ccc(S(=O)(=O)N(CC(=O)Nc2ccc(Cl)cc2)Cc2ccccc2)cc1. The third-order valence-electron chi connectivity index (χ3n) is 4.42. The zero-order chi connectivity index (χ0) is 22.3. The molecule has 3 aromatic carbocycles. The molecule has 6 nitrogen and oxygen atoms in total. The van der Waals surface area contributed by atoms with Gasteiger partial charge in [0.15, 0.2) is 0 Å². The van der Waals surface area contributed by atoms with Gasteiger partial charge in [-0.25, -0.2) is 8.42 Å². The summed E-state index contributed by atoms with van der Waals surface area (Å²) in [4.78, 5) is 12.7. The van der Waals surface area contributed by atoms with Gasteiger partial charge in [0.2, 0.25) is 15.9 Å². The second kappa shape index (κ2) is 10.4. The van der Waals surface area contributed by atoms with Crippen LogP contribution in [0.4, 0.5) is 5.69 Å². The van der Waals surface area contributed by atoms with Crippen LogP contribution in [-0.2, 0) is 21.4 Å². The summed E-state index contributed by atoms with van der Waals surface area (Å²) in [7, 11) is -3.93. The van der Waals surface area contributed by atoms with Crippen molar-refractivity contribution < 1.29 is 17.9 Å². The van der Waals surface area contributed by atoms with E-state index in [-0.39, 0.29) is 18.0 Å². The van der Waals surface area contributed by atoms with Crippen LogP contribution in [0.25, 0.3) is 0 Å². The number of sulfonamides is 1. The lowest BCUT2D eigenvalue weighted by molar-refractivity contribution is -0.116. The minimum absolute atomic E-state index is 0.0599. The number of amides is 1. The van der Waals surface area contributed by atoms with Crippen molar-refractivity contribution in [2.75, 3.05) is 18.5 Å². The summed E-state index contributed by atoms with van der Waals surface area (Å²) in [5, 5.41) is 3.25. The molecular formula is C23H23ClN2O4S. The van der Waals surface area contributed by atoms with Gasteiger partial charge in [-0.1, -0.05) is 41.9 Å². The monoisotopic (exact) mass is 458 g/mol. The first-order chi connectivity index (χ1) is 14.9. The summed E-state index contributed by atoms with van der Waals surface area (Å²) in [6.45, 7) is 2.06. The van der Waals surface area contributed by atoms with Crippen LogP contribution in [0.5, 0.6) is 5.75 Å². The lowest BCUT2D eigenvalue weighted by atomic mass is 10.2. The minimum Gasteiger partial charge on any atom is -0.494 e. The highest BCUT2D eigenvalue weighted by molar-refractivity contribution is 7.89. The van der Waals surface area contributed by atoms with Gasteiger partial charge in [0, 0.05) is 17.3 Å². The molecule has 0 heterocycles. The molecule has 0 fully saturated rings. The Labute approximate surface area is 187 Å². The Kier molecular flexibility index (Phi) is 7.68. The molecule has 0 aliphatic rings. The van der Waals surface area contributed by atoms with Crippen molar-refractivity contribution in [1.82, 2.24) is 4.31 Å². The normalized spacial score (nSPS) is 11.3. The maximum atomic E-state index is 13.3. The lowest BCUT2D eigenvalue weighted by Gasteiger charge is -2.22. The van der Waals surface area contributed by atoms with Gasteiger partial charge in [0.1, 0.15) is 5.75 Å². The van der Waals surface area contributed by atoms with Gasteiger partial charge < -0.3 is 10.1 Å². The van der Waals surface area contributed by atoms with Crippen LogP contribution >= 0.6 is 11.6 Å². The van der Waals surface area contributed by atoms with Gasteiger partial charge in [-0.15, -0.1) is 0 Å². The fourth-order valence-corrected chi connectivity index (χ4v) is 4.44. The predicted octanol–water partition coefficient (Wildman–Crippen LogP) is 4.57. The van der Waals surface area contributed by atoms with E-state index in [9.17, 15) is 13.2 Å². The number of hydrogen-bond acceptors (Lipinski definition) is 4. The third-order valence-corrected chi connectivity index (χ3v) is 6.48. The molecule has 31 heavy (non-hydrogen) atoms. The van der Waals surface area contributed by atoms with Crippen LogP contribution in [0.3, 0.4) is 0 Å². The van der Waals surface area contributed by atoms with Crippen molar-refractivity contribution in [3.05, 3.63) is 89.4 Å². The number of ether oxygens (including phenoxy) is 1. The van der Waals surface area contributed by atoms with Crippen LogP contribution in [0.2, 0.25) is 5.02 Å². The highest BCUT2D eigenvalue weighted by Gasteiger charge is 2.27. The molecule has 0 spiro atoms. The zero-order valence-electron chi connectivity index (χ0n) is 17.0. The molecule has 1 N–H and O–H groups in total. The maximum Gasteiger partial charge on any atom is 0.243 e. The predicted molar refractivity (Wildman–Crippen MR) is 122 cm³/mol. The topological polar surface area (TPSA) is 75.7 Å². The molecule has 3 aromatic rings. The highest BCUT2D eigenvalue weighted by Crippen LogP contribution is 2.22. The van der Waals surface area contributed by atoms with E-state index >= 15 is 0 Å². The molecule has 0 atom stereocenters. The number of rotatable bonds is 9. The van der Waals surface area contributed by atoms with Crippen LogP contribution in [-0.4, -0.2) is 31.8 Å². The maximum absolute atomic E-state index is 13.3. The molecule has 0 unspecified atom stereocenters. The van der Waals surface area contributed by atoms with Gasteiger partial charge in [-0.2, -0.15) is 4.31 Å². The fraction of sp³-hybridized carbons (Fsp3) is 0.174. The van der Waals surface area contributed by atoms with E-state index in [0.29, 0.717) is 23.1 Å². The third kappa shape index (κ3) is 6.30. The Morgan fingerprint density at radius 3 is 2.23 bits per heavy atom. The molecule has 0 saturated carbocycles. The van der Waals surface area contributed by atoms with Gasteiger partial charge in [0.25, 0.3) is 0 Å². The van der Waals surface area contributed by atoms with Crippen molar-refractivity contribution in [1.29, 1.82) is 0 Å². The number of nitrogens with one attached hydrogen (secondary N) is 1. The van der Waals surface area contributed by atoms with Crippen molar-refractivity contribution in [2.45, 2.75) is 18.4 Å². The van der Waals surface area contributed by atoms with Gasteiger partial charge in [-0.3, -0.25) is 4.79 Å². The van der Waals surface area contributed by atoms with E-state index in [1.54, 1.807) is 36.4 Å². The first kappa shape index (κ1) is 22.8. The molecule has 0 radical (unpaired) electrons. The molecule has 3 rings (SSSR count). The molecule has 0 aliphatic heterocycles. The summed E-state index contributed by atoms with van der Waals surface area (Å²) >= 11 is 5.87. The number of carbonyl (C=O) groups is 1. The first-order valence-electron chi connectivity index (χ1n) is 9.71. The fourth-order valence-electron chi connectivity index (χ4n) is 2.93. The Morgan fingerprint density at radius 2 is 1.61 bits per heavy atom. The zero-order valence-corrected chi connectivity index (χ0v) is 18.6. The van der Waals surface area contributed by atoms with Gasteiger partial charge in [-0.05, 0) is 61.0 Å². The lowest BCUT2D eigenvalue weighted by Crippen LogP contribution is -2.37. The summed E-state index contributed by atoms with van der Waals surface area (Å²) in [6.07, 6.45) is 0. The number of halogens is 1. The quantitative estimate of drug-likeness (QED) is 0.509. The van der Waals surface area contributed by atoms with Crippen molar-refractivity contribution in [3.8, 4) is 5.75 Å². The number of hydrogen-bond donors (Lipinski definition) is 1. The molecule has 0 aromatic heterocycles. The largest absolute Gasteiger partial charge is 0.494 e. The summed E-state index contributed by atoms with van der Waals surface area (Å²) in [6, 6.07) is 21.9. The van der Waals surface area contributed by atoms with E-state index in [1.165, 1.54) is 12.1 Å². The van der Waals surface area contributed by atoms with Crippen molar-refractivity contribution in [3.63, 3.8) is 0 Å². The second-order valence-corrected chi connectivity index (χ2v) is 9.09. The van der Waals surface area contributed by atoms with E-state index in [0.717, 1.165) is 9.87 Å². The van der Waals surface area contributed by atoms with E-state index in [2.05, 4.69) is 5.32 Å². The molecular weight excluding hydrogens is 436 g/mol. The Balaban J connectivity index is 1.84. The number of carbonyl (C=O) groups excluding carboxylic acids is 1. The van der Waals surface area contributed by atoms with Crippen LogP contribution in [0, 0.1) is 0 Å². The van der Waals surface area contributed by atoms with Gasteiger partial charge >= 0.3 is 0 Å². The second-order valence-electron chi connectivity index (χ2n) is 6.72. The van der Waals surface area contributed by atoms with Crippen LogP contribution in [0.15, 0.2) is 83.8 Å². The summed E-state index contributed by atoms with van der Waals surface area (Å²) in [5.74, 6) is 0.129. The molecule has 1 amide bonds. The van der Waals surface area contributed by atoms with Gasteiger partial charge in [0.05, 0.1) is 18.0 Å². The van der Waals surface area contributed by atoms with E-state index < -0.39 is 15.9 Å². The van der Waals surface area contributed by atoms with Crippen molar-refractivity contribution >= 4 is 33.2 Å². The van der Waals surface area contributed by atoms with E-state index in [1.807, 2.05) is 37.3 Å².